The van der Waals surface area contributed by atoms with E-state index in [2.05, 4.69) is 20.6 Å². The summed E-state index contributed by atoms with van der Waals surface area (Å²) in [6.45, 7) is 0.517. The van der Waals surface area contributed by atoms with Crippen molar-refractivity contribution in [2.75, 3.05) is 19.0 Å². The monoisotopic (exact) mass is 426 g/mol. The van der Waals surface area contributed by atoms with Crippen molar-refractivity contribution in [2.45, 2.75) is 19.3 Å². The standard InChI is InChI=1S/C21H22N4O4S/c1-29-17-7-3-2-5-14(17)10-12-22-18(26)9-8-15-13-30-21(24-15)25-20(28)16-6-4-11-23-19(16)27/h2-7,11,13H,8-10,12H2,1H3,(H,22,26)(H,23,27)(H,24,25,28). The van der Waals surface area contributed by atoms with Crippen LogP contribution in [0.1, 0.15) is 28.0 Å². The number of rotatable bonds is 9. The highest BCUT2D eigenvalue weighted by atomic mass is 32.1. The molecule has 3 N–H and O–H groups in total. The average molecular weight is 426 g/mol. The molecule has 0 fully saturated rings. The Kier molecular flexibility index (Phi) is 7.34. The molecule has 30 heavy (non-hydrogen) atoms. The molecule has 0 aliphatic rings. The van der Waals surface area contributed by atoms with E-state index in [0.29, 0.717) is 36.6 Å². The van der Waals surface area contributed by atoms with Crippen LogP contribution in [0.5, 0.6) is 5.75 Å². The zero-order chi connectivity index (χ0) is 21.3. The van der Waals surface area contributed by atoms with Crippen LogP contribution in [0, 0.1) is 0 Å². The summed E-state index contributed by atoms with van der Waals surface area (Å²) in [5, 5.41) is 7.67. The predicted molar refractivity (Wildman–Crippen MR) is 115 cm³/mol. The summed E-state index contributed by atoms with van der Waals surface area (Å²) in [6, 6.07) is 10.7. The van der Waals surface area contributed by atoms with Crippen molar-refractivity contribution < 1.29 is 14.3 Å². The molecule has 0 saturated carbocycles. The van der Waals surface area contributed by atoms with E-state index in [1.165, 1.54) is 23.6 Å². The molecule has 0 radical (unpaired) electrons. The predicted octanol–water partition coefficient (Wildman–Crippen LogP) is 2.38. The Bertz CT molecular complexity index is 1080. The summed E-state index contributed by atoms with van der Waals surface area (Å²) in [4.78, 5) is 42.7. The van der Waals surface area contributed by atoms with Crippen LogP contribution in [-0.4, -0.2) is 35.4 Å². The SMILES string of the molecule is COc1ccccc1CCNC(=O)CCc1csc(NC(=O)c2ccc[nH]c2=O)n1. The van der Waals surface area contributed by atoms with Gasteiger partial charge in [0.1, 0.15) is 11.3 Å². The Morgan fingerprint density at radius 3 is 2.80 bits per heavy atom. The third kappa shape index (κ3) is 5.77. The van der Waals surface area contributed by atoms with Crippen LogP contribution in [-0.2, 0) is 17.6 Å². The Balaban J connectivity index is 1.43. The molecule has 3 rings (SSSR count). The van der Waals surface area contributed by atoms with Crippen LogP contribution < -0.4 is 20.9 Å². The topological polar surface area (TPSA) is 113 Å². The third-order valence-electron chi connectivity index (χ3n) is 4.35. The van der Waals surface area contributed by atoms with Gasteiger partial charge in [-0.2, -0.15) is 0 Å². The van der Waals surface area contributed by atoms with E-state index in [1.807, 2.05) is 24.3 Å². The number of H-pyrrole nitrogens is 1. The lowest BCUT2D eigenvalue weighted by Crippen LogP contribution is -2.26. The number of amides is 2. The second-order valence-electron chi connectivity index (χ2n) is 6.42. The molecule has 0 unspecified atom stereocenters. The molecule has 1 aromatic carbocycles. The van der Waals surface area contributed by atoms with Crippen LogP contribution in [0.4, 0.5) is 5.13 Å². The third-order valence-corrected chi connectivity index (χ3v) is 5.16. The van der Waals surface area contributed by atoms with Gasteiger partial charge in [0.05, 0.1) is 12.8 Å². The van der Waals surface area contributed by atoms with E-state index in [4.69, 9.17) is 4.74 Å². The van der Waals surface area contributed by atoms with Gasteiger partial charge in [-0.3, -0.25) is 19.7 Å². The van der Waals surface area contributed by atoms with Gasteiger partial charge in [0.15, 0.2) is 5.13 Å². The fraction of sp³-hybridized carbons (Fsp3) is 0.238. The number of aromatic amines is 1. The maximum Gasteiger partial charge on any atom is 0.263 e. The van der Waals surface area contributed by atoms with E-state index in [0.717, 1.165) is 11.3 Å². The summed E-state index contributed by atoms with van der Waals surface area (Å²) in [5.74, 6) is 0.215. The van der Waals surface area contributed by atoms with Crippen molar-refractivity contribution in [2.24, 2.45) is 0 Å². The fourth-order valence-corrected chi connectivity index (χ4v) is 3.56. The van der Waals surface area contributed by atoms with E-state index in [-0.39, 0.29) is 11.5 Å². The summed E-state index contributed by atoms with van der Waals surface area (Å²) in [6.07, 6.45) is 2.89. The minimum atomic E-state index is -0.521. The molecule has 156 valence electrons. The summed E-state index contributed by atoms with van der Waals surface area (Å²) in [7, 11) is 1.62. The first-order valence-corrected chi connectivity index (χ1v) is 10.3. The lowest BCUT2D eigenvalue weighted by Gasteiger charge is -2.09. The van der Waals surface area contributed by atoms with Gasteiger partial charge in [0.2, 0.25) is 5.91 Å². The summed E-state index contributed by atoms with van der Waals surface area (Å²) < 4.78 is 5.30. The molecule has 9 heteroatoms. The number of carbonyl (C=O) groups is 2. The number of carbonyl (C=O) groups excluding carboxylic acids is 2. The van der Waals surface area contributed by atoms with E-state index < -0.39 is 11.5 Å². The highest BCUT2D eigenvalue weighted by molar-refractivity contribution is 7.14. The summed E-state index contributed by atoms with van der Waals surface area (Å²) in [5.41, 5.74) is 1.30. The molecule has 0 bridgehead atoms. The van der Waals surface area contributed by atoms with Crippen LogP contribution in [0.2, 0.25) is 0 Å². The molecular formula is C21H22N4O4S. The Morgan fingerprint density at radius 2 is 2.00 bits per heavy atom. The van der Waals surface area contributed by atoms with E-state index in [9.17, 15) is 14.4 Å². The van der Waals surface area contributed by atoms with Gasteiger partial charge in [0, 0.05) is 24.5 Å². The smallest absolute Gasteiger partial charge is 0.263 e. The van der Waals surface area contributed by atoms with Crippen LogP contribution in [0.25, 0.3) is 0 Å². The molecule has 0 spiro atoms. The van der Waals surface area contributed by atoms with Gasteiger partial charge in [-0.15, -0.1) is 11.3 Å². The first kappa shape index (κ1) is 21.3. The molecule has 0 aliphatic carbocycles. The lowest BCUT2D eigenvalue weighted by atomic mass is 10.1. The number of thiazole rings is 1. The maximum absolute atomic E-state index is 12.2. The average Bonchev–Trinajstić information content (AvgIpc) is 3.20. The molecule has 2 heterocycles. The number of anilines is 1. The van der Waals surface area contributed by atoms with Crippen molar-refractivity contribution in [1.29, 1.82) is 0 Å². The number of aryl methyl sites for hydroxylation is 1. The molecular weight excluding hydrogens is 404 g/mol. The highest BCUT2D eigenvalue weighted by Crippen LogP contribution is 2.18. The number of nitrogens with one attached hydrogen (secondary N) is 3. The minimum Gasteiger partial charge on any atom is -0.496 e. The number of nitrogens with zero attached hydrogens (tertiary/aromatic N) is 1. The van der Waals surface area contributed by atoms with Gasteiger partial charge in [0.25, 0.3) is 11.5 Å². The number of benzene rings is 1. The number of hydrogen-bond donors (Lipinski definition) is 3. The molecule has 8 nitrogen and oxygen atoms in total. The van der Waals surface area contributed by atoms with Gasteiger partial charge >= 0.3 is 0 Å². The normalized spacial score (nSPS) is 10.4. The highest BCUT2D eigenvalue weighted by Gasteiger charge is 2.13. The Labute approximate surface area is 177 Å². The van der Waals surface area contributed by atoms with Crippen LogP contribution in [0.15, 0.2) is 52.8 Å². The number of aromatic nitrogens is 2. The molecule has 2 amide bonds. The van der Waals surface area contributed by atoms with Crippen molar-refractivity contribution in [3.05, 3.63) is 75.1 Å². The zero-order valence-corrected chi connectivity index (χ0v) is 17.3. The van der Waals surface area contributed by atoms with Gasteiger partial charge < -0.3 is 15.0 Å². The van der Waals surface area contributed by atoms with E-state index in [1.54, 1.807) is 18.6 Å². The number of methoxy groups -OCH3 is 1. The molecule has 0 saturated heterocycles. The fourth-order valence-electron chi connectivity index (χ4n) is 2.82. The summed E-state index contributed by atoms with van der Waals surface area (Å²) >= 11 is 1.25. The van der Waals surface area contributed by atoms with Gasteiger partial charge in [-0.25, -0.2) is 4.98 Å². The Hall–Kier alpha value is -3.46. The van der Waals surface area contributed by atoms with Crippen molar-refractivity contribution >= 4 is 28.3 Å². The second kappa shape index (κ2) is 10.4. The van der Waals surface area contributed by atoms with Gasteiger partial charge in [-0.05, 0) is 36.6 Å². The van der Waals surface area contributed by atoms with Crippen LogP contribution in [0.3, 0.4) is 0 Å². The largest absolute Gasteiger partial charge is 0.496 e. The number of hydrogen-bond acceptors (Lipinski definition) is 6. The van der Waals surface area contributed by atoms with E-state index >= 15 is 0 Å². The molecule has 3 aromatic rings. The van der Waals surface area contributed by atoms with Gasteiger partial charge in [-0.1, -0.05) is 18.2 Å². The van der Waals surface area contributed by atoms with Crippen LogP contribution >= 0.6 is 11.3 Å². The number of para-hydroxylation sites is 1. The van der Waals surface area contributed by atoms with Crippen molar-refractivity contribution in [3.63, 3.8) is 0 Å². The molecule has 2 aromatic heterocycles. The number of pyridine rings is 1. The second-order valence-corrected chi connectivity index (χ2v) is 7.28. The first-order chi connectivity index (χ1) is 14.6. The lowest BCUT2D eigenvalue weighted by molar-refractivity contribution is -0.121. The zero-order valence-electron chi connectivity index (χ0n) is 16.4. The quantitative estimate of drug-likeness (QED) is 0.486. The van der Waals surface area contributed by atoms with Crippen molar-refractivity contribution in [3.8, 4) is 5.75 Å². The maximum atomic E-state index is 12.2. The minimum absolute atomic E-state index is 0.0173. The first-order valence-electron chi connectivity index (χ1n) is 9.39. The number of ether oxygens (including phenoxy) is 1. The molecule has 0 aliphatic heterocycles. The van der Waals surface area contributed by atoms with Crippen molar-refractivity contribution in [1.82, 2.24) is 15.3 Å². The Morgan fingerprint density at radius 1 is 1.17 bits per heavy atom. The molecule has 0 atom stereocenters.